The lowest BCUT2D eigenvalue weighted by Gasteiger charge is -2.34. The van der Waals surface area contributed by atoms with Gasteiger partial charge in [0.25, 0.3) is 5.91 Å². The molecule has 0 aromatic heterocycles. The minimum Gasteiger partial charge on any atom is -0.349 e. The fourth-order valence-corrected chi connectivity index (χ4v) is 4.30. The summed E-state index contributed by atoms with van der Waals surface area (Å²) in [6.07, 6.45) is 0. The van der Waals surface area contributed by atoms with Crippen molar-refractivity contribution < 1.29 is 4.79 Å². The van der Waals surface area contributed by atoms with E-state index in [9.17, 15) is 4.79 Å². The Labute approximate surface area is 182 Å². The number of carbonyl (C=O) groups is 1. The number of benzene rings is 2. The molecule has 0 radical (unpaired) electrons. The van der Waals surface area contributed by atoms with Crippen molar-refractivity contribution in [2.75, 3.05) is 26.2 Å². The van der Waals surface area contributed by atoms with Crippen LogP contribution in [0.25, 0.3) is 0 Å². The highest BCUT2D eigenvalue weighted by Gasteiger charge is 2.21. The Morgan fingerprint density at radius 2 is 1.23 bits per heavy atom. The maximum absolute atomic E-state index is 12.6. The van der Waals surface area contributed by atoms with E-state index in [-0.39, 0.29) is 11.9 Å². The Morgan fingerprint density at radius 1 is 0.767 bits per heavy atom. The number of nitrogens with zero attached hydrogens (tertiary/aromatic N) is 2. The molecule has 3 rings (SSSR count). The lowest BCUT2D eigenvalue weighted by molar-refractivity contribution is 0.0910. The van der Waals surface area contributed by atoms with Gasteiger partial charge in [-0.05, 0) is 35.1 Å². The zero-order valence-electron chi connectivity index (χ0n) is 19.0. The molecule has 1 aliphatic heterocycles. The Bertz CT molecular complexity index is 770. The molecule has 0 saturated carbocycles. The lowest BCUT2D eigenvalue weighted by Crippen LogP contribution is -2.45. The molecule has 2 aromatic rings. The van der Waals surface area contributed by atoms with E-state index < -0.39 is 0 Å². The molecule has 30 heavy (non-hydrogen) atoms. The van der Waals surface area contributed by atoms with Gasteiger partial charge in [-0.15, -0.1) is 0 Å². The number of carbonyl (C=O) groups excluding carboxylic acids is 1. The first kappa shape index (κ1) is 22.5. The zero-order valence-corrected chi connectivity index (χ0v) is 19.0. The molecule has 1 saturated heterocycles. The first-order valence-electron chi connectivity index (χ1n) is 11.3. The van der Waals surface area contributed by atoms with Gasteiger partial charge in [0.15, 0.2) is 0 Å². The van der Waals surface area contributed by atoms with Gasteiger partial charge in [-0.3, -0.25) is 14.6 Å². The lowest BCUT2D eigenvalue weighted by atomic mass is 9.93. The summed E-state index contributed by atoms with van der Waals surface area (Å²) in [4.78, 5) is 17.7. The Balaban J connectivity index is 1.47. The van der Waals surface area contributed by atoms with Crippen molar-refractivity contribution in [2.45, 2.75) is 46.8 Å². The molecule has 0 spiro atoms. The van der Waals surface area contributed by atoms with Crippen molar-refractivity contribution in [1.82, 2.24) is 15.1 Å². The largest absolute Gasteiger partial charge is 0.349 e. The monoisotopic (exact) mass is 407 g/mol. The van der Waals surface area contributed by atoms with Crippen molar-refractivity contribution in [3.05, 3.63) is 71.3 Å². The minimum absolute atomic E-state index is 0.0310. The summed E-state index contributed by atoms with van der Waals surface area (Å²) in [6.45, 7) is 15.0. The molecule has 1 heterocycles. The molecule has 0 unspecified atom stereocenters. The molecule has 0 bridgehead atoms. The fourth-order valence-electron chi connectivity index (χ4n) is 4.30. The van der Waals surface area contributed by atoms with Crippen LogP contribution >= 0.6 is 0 Å². The summed E-state index contributed by atoms with van der Waals surface area (Å²) < 4.78 is 0. The molecule has 2 aromatic carbocycles. The van der Waals surface area contributed by atoms with Crippen LogP contribution in [0.4, 0.5) is 0 Å². The third kappa shape index (κ3) is 6.41. The highest BCUT2D eigenvalue weighted by atomic mass is 16.1. The van der Waals surface area contributed by atoms with Gasteiger partial charge in [0.05, 0.1) is 0 Å². The molecular formula is C26H37N3O. The summed E-state index contributed by atoms with van der Waals surface area (Å²) >= 11 is 0. The first-order chi connectivity index (χ1) is 14.4. The summed E-state index contributed by atoms with van der Waals surface area (Å²) in [7, 11) is 0. The van der Waals surface area contributed by atoms with Crippen molar-refractivity contribution in [1.29, 1.82) is 0 Å². The molecule has 1 amide bonds. The van der Waals surface area contributed by atoms with E-state index >= 15 is 0 Å². The molecule has 0 aliphatic carbocycles. The smallest absolute Gasteiger partial charge is 0.251 e. The summed E-state index contributed by atoms with van der Waals surface area (Å²) in [5, 5.41) is 3.20. The summed E-state index contributed by atoms with van der Waals surface area (Å²) in [5.41, 5.74) is 3.40. The van der Waals surface area contributed by atoms with Gasteiger partial charge in [0, 0.05) is 50.9 Å². The van der Waals surface area contributed by atoms with E-state index in [1.54, 1.807) is 0 Å². The van der Waals surface area contributed by atoms with Crippen molar-refractivity contribution >= 4 is 5.91 Å². The average molecular weight is 408 g/mol. The molecule has 4 heteroatoms. The van der Waals surface area contributed by atoms with Crippen molar-refractivity contribution in [3.8, 4) is 0 Å². The van der Waals surface area contributed by atoms with Gasteiger partial charge >= 0.3 is 0 Å². The number of hydrogen-bond donors (Lipinski definition) is 1. The second-order valence-corrected chi connectivity index (χ2v) is 9.22. The van der Waals surface area contributed by atoms with Gasteiger partial charge < -0.3 is 5.32 Å². The third-order valence-electron chi connectivity index (χ3n) is 6.07. The number of hydrogen-bond acceptors (Lipinski definition) is 3. The Morgan fingerprint density at radius 3 is 1.70 bits per heavy atom. The molecule has 1 fully saturated rings. The Kier molecular flexibility index (Phi) is 8.06. The minimum atomic E-state index is 0.0310. The topological polar surface area (TPSA) is 35.6 Å². The number of rotatable bonds is 8. The summed E-state index contributed by atoms with van der Waals surface area (Å²) in [5.74, 6) is 0.881. The second-order valence-electron chi connectivity index (χ2n) is 9.22. The van der Waals surface area contributed by atoms with Gasteiger partial charge in [-0.1, -0.05) is 70.2 Å². The van der Waals surface area contributed by atoms with E-state index in [4.69, 9.17) is 0 Å². The van der Waals surface area contributed by atoms with Gasteiger partial charge in [0.1, 0.15) is 0 Å². The van der Waals surface area contributed by atoms with E-state index in [2.05, 4.69) is 85.3 Å². The number of amides is 1. The number of nitrogens with one attached hydrogen (secondary N) is 1. The van der Waals surface area contributed by atoms with Crippen LogP contribution in [0.5, 0.6) is 0 Å². The normalized spacial score (nSPS) is 15.8. The zero-order chi connectivity index (χ0) is 21.5. The van der Waals surface area contributed by atoms with Crippen LogP contribution in [-0.4, -0.2) is 47.9 Å². The van der Waals surface area contributed by atoms with Crippen LogP contribution in [-0.2, 0) is 13.1 Å². The molecular weight excluding hydrogens is 370 g/mol. The van der Waals surface area contributed by atoms with E-state index in [1.807, 2.05) is 12.1 Å². The number of piperazine rings is 1. The quantitative estimate of drug-likeness (QED) is 0.704. The molecule has 4 nitrogen and oxygen atoms in total. The van der Waals surface area contributed by atoms with Crippen LogP contribution in [0.15, 0.2) is 54.6 Å². The maximum Gasteiger partial charge on any atom is 0.251 e. The maximum atomic E-state index is 12.6. The predicted octanol–water partition coefficient (Wildman–Crippen LogP) is 4.41. The van der Waals surface area contributed by atoms with Crippen molar-refractivity contribution in [2.24, 2.45) is 11.8 Å². The molecule has 162 valence electrons. The molecule has 1 aliphatic rings. The van der Waals surface area contributed by atoms with Gasteiger partial charge in [0.2, 0.25) is 0 Å². The van der Waals surface area contributed by atoms with Crippen LogP contribution in [0.3, 0.4) is 0 Å². The van der Waals surface area contributed by atoms with E-state index in [0.717, 1.165) is 44.8 Å². The Hall–Kier alpha value is -2.17. The van der Waals surface area contributed by atoms with E-state index in [1.165, 1.54) is 11.1 Å². The fraction of sp³-hybridized carbons (Fsp3) is 0.500. The first-order valence-corrected chi connectivity index (χ1v) is 11.3. The second kappa shape index (κ2) is 10.7. The predicted molar refractivity (Wildman–Crippen MR) is 124 cm³/mol. The standard InChI is InChI=1S/C26H37N3O/c1-20(2)25(21(3)4)27-26(30)24-12-10-23(11-13-24)19-29-16-14-28(15-17-29)18-22-8-6-5-7-9-22/h5-13,20-21,25H,14-19H2,1-4H3,(H,27,30). The van der Waals surface area contributed by atoms with Gasteiger partial charge in [-0.25, -0.2) is 0 Å². The highest BCUT2D eigenvalue weighted by Crippen LogP contribution is 2.15. The van der Waals surface area contributed by atoms with Crippen LogP contribution in [0.1, 0.15) is 49.2 Å². The molecule has 0 atom stereocenters. The third-order valence-corrected chi connectivity index (χ3v) is 6.07. The van der Waals surface area contributed by atoms with Gasteiger partial charge in [-0.2, -0.15) is 0 Å². The highest BCUT2D eigenvalue weighted by molar-refractivity contribution is 5.94. The van der Waals surface area contributed by atoms with Crippen LogP contribution < -0.4 is 5.32 Å². The van der Waals surface area contributed by atoms with Crippen LogP contribution in [0.2, 0.25) is 0 Å². The van der Waals surface area contributed by atoms with Crippen LogP contribution in [0, 0.1) is 11.8 Å². The van der Waals surface area contributed by atoms with Crippen molar-refractivity contribution in [3.63, 3.8) is 0 Å². The SMILES string of the molecule is CC(C)C(NC(=O)c1ccc(CN2CCN(Cc3ccccc3)CC2)cc1)C(C)C. The summed E-state index contributed by atoms with van der Waals surface area (Å²) in [6, 6.07) is 19.0. The molecule has 1 N–H and O–H groups in total. The average Bonchev–Trinajstić information content (AvgIpc) is 2.74. The van der Waals surface area contributed by atoms with E-state index in [0.29, 0.717) is 11.8 Å².